The van der Waals surface area contributed by atoms with E-state index in [1.54, 1.807) is 0 Å². The summed E-state index contributed by atoms with van der Waals surface area (Å²) in [5.41, 5.74) is 1.14. The summed E-state index contributed by atoms with van der Waals surface area (Å²) in [6, 6.07) is 10.1. The molecule has 1 fully saturated rings. The summed E-state index contributed by atoms with van der Waals surface area (Å²) in [7, 11) is 0. The Bertz CT molecular complexity index is 595. The average molecular weight is 358 g/mol. The Hall–Kier alpha value is -1.49. The lowest BCUT2D eigenvalue weighted by Gasteiger charge is -2.19. The van der Waals surface area contributed by atoms with E-state index in [1.165, 1.54) is 0 Å². The van der Waals surface area contributed by atoms with Crippen molar-refractivity contribution in [2.75, 3.05) is 13.4 Å². The molecule has 1 aromatic carbocycles. The number of epoxide rings is 1. The molecule has 26 heavy (non-hydrogen) atoms. The molecule has 4 heteroatoms. The predicted molar refractivity (Wildman–Crippen MR) is 101 cm³/mol. The first-order chi connectivity index (χ1) is 12.6. The molecule has 0 bridgehead atoms. The normalized spacial score (nSPS) is 28.8. The fourth-order valence-corrected chi connectivity index (χ4v) is 3.50. The molecule has 1 saturated heterocycles. The molecule has 0 amide bonds. The zero-order valence-electron chi connectivity index (χ0n) is 15.8. The largest absolute Gasteiger partial charge is 0.361 e. The van der Waals surface area contributed by atoms with Crippen molar-refractivity contribution in [3.63, 3.8) is 0 Å². The van der Waals surface area contributed by atoms with Gasteiger partial charge in [-0.05, 0) is 30.2 Å². The zero-order valence-corrected chi connectivity index (χ0v) is 15.8. The van der Waals surface area contributed by atoms with Crippen molar-refractivity contribution in [2.45, 2.75) is 51.9 Å². The fraction of sp³-hybridized carbons (Fsp3) is 0.591. The molecule has 1 aromatic rings. The van der Waals surface area contributed by atoms with Crippen LogP contribution in [0.15, 0.2) is 42.5 Å². The second-order valence-electron chi connectivity index (χ2n) is 7.71. The van der Waals surface area contributed by atoms with E-state index >= 15 is 0 Å². The van der Waals surface area contributed by atoms with E-state index in [-0.39, 0.29) is 30.7 Å². The minimum Gasteiger partial charge on any atom is -0.361 e. The van der Waals surface area contributed by atoms with Crippen molar-refractivity contribution in [3.8, 4) is 0 Å². The van der Waals surface area contributed by atoms with E-state index in [0.29, 0.717) is 31.5 Å². The van der Waals surface area contributed by atoms with Crippen molar-refractivity contribution < 1.29 is 19.0 Å². The van der Waals surface area contributed by atoms with Crippen LogP contribution in [0.3, 0.4) is 0 Å². The number of fused-ring (bicyclic) bond motifs is 1. The molecular formula is C22H30O4. The number of allylic oxidation sites excluding steroid dienone is 1. The molecule has 4 unspecified atom stereocenters. The van der Waals surface area contributed by atoms with Crippen LogP contribution < -0.4 is 0 Å². The number of rotatable bonds is 7. The summed E-state index contributed by atoms with van der Waals surface area (Å²) >= 11 is 0. The predicted octanol–water partition coefficient (Wildman–Crippen LogP) is 4.14. The van der Waals surface area contributed by atoms with Gasteiger partial charge in [-0.2, -0.15) is 0 Å². The number of ether oxygens (including phenoxy) is 3. The molecule has 0 radical (unpaired) electrons. The quantitative estimate of drug-likeness (QED) is 0.318. The Morgan fingerprint density at radius 2 is 1.96 bits per heavy atom. The van der Waals surface area contributed by atoms with Crippen LogP contribution in [0, 0.1) is 17.8 Å². The van der Waals surface area contributed by atoms with Gasteiger partial charge in [-0.25, -0.2) is 0 Å². The summed E-state index contributed by atoms with van der Waals surface area (Å²) in [6.07, 6.45) is 6.82. The molecule has 2 aliphatic rings. The summed E-state index contributed by atoms with van der Waals surface area (Å²) in [5.74, 6) is 1.50. The van der Waals surface area contributed by atoms with Gasteiger partial charge in [-0.1, -0.05) is 56.3 Å². The lowest BCUT2D eigenvalue weighted by molar-refractivity contribution is -0.120. The van der Waals surface area contributed by atoms with Crippen molar-refractivity contribution in [1.82, 2.24) is 0 Å². The number of ketones is 1. The monoisotopic (exact) mass is 358 g/mol. The third-order valence-electron chi connectivity index (χ3n) is 5.26. The Labute approximate surface area is 156 Å². The Kier molecular flexibility index (Phi) is 7.00. The highest BCUT2D eigenvalue weighted by atomic mass is 16.7. The first-order valence-electron chi connectivity index (χ1n) is 9.69. The Balaban J connectivity index is 1.46. The molecule has 1 aliphatic heterocycles. The van der Waals surface area contributed by atoms with Gasteiger partial charge >= 0.3 is 0 Å². The molecular weight excluding hydrogens is 328 g/mol. The summed E-state index contributed by atoms with van der Waals surface area (Å²) < 4.78 is 16.9. The molecule has 0 aromatic heterocycles. The van der Waals surface area contributed by atoms with Gasteiger partial charge in [0, 0.05) is 12.3 Å². The molecule has 0 spiro atoms. The van der Waals surface area contributed by atoms with E-state index in [2.05, 4.69) is 26.0 Å². The minimum atomic E-state index is -0.175. The van der Waals surface area contributed by atoms with Gasteiger partial charge in [-0.15, -0.1) is 0 Å². The summed E-state index contributed by atoms with van der Waals surface area (Å²) in [5, 5.41) is 0. The van der Waals surface area contributed by atoms with E-state index in [9.17, 15) is 4.79 Å². The highest BCUT2D eigenvalue weighted by Gasteiger charge is 2.45. The number of hydrogen-bond donors (Lipinski definition) is 0. The number of Topliss-reactive ketones (excluding diaryl/α,β-unsaturated/α-hetero) is 1. The number of benzene rings is 1. The Morgan fingerprint density at radius 1 is 1.15 bits per heavy atom. The minimum absolute atomic E-state index is 0.0709. The van der Waals surface area contributed by atoms with Crippen LogP contribution in [0.1, 0.15) is 38.7 Å². The highest BCUT2D eigenvalue weighted by molar-refractivity contribution is 5.85. The van der Waals surface area contributed by atoms with E-state index in [1.807, 2.05) is 30.3 Å². The van der Waals surface area contributed by atoms with Gasteiger partial charge in [0.05, 0.1) is 19.3 Å². The summed E-state index contributed by atoms with van der Waals surface area (Å²) in [4.78, 5) is 12.2. The maximum absolute atomic E-state index is 12.2. The van der Waals surface area contributed by atoms with Crippen LogP contribution in [0.2, 0.25) is 0 Å². The maximum Gasteiger partial charge on any atom is 0.164 e. The van der Waals surface area contributed by atoms with Crippen LogP contribution in [-0.2, 0) is 25.6 Å². The smallest absolute Gasteiger partial charge is 0.164 e. The molecule has 4 atom stereocenters. The van der Waals surface area contributed by atoms with Crippen LogP contribution in [0.5, 0.6) is 0 Å². The van der Waals surface area contributed by atoms with Crippen molar-refractivity contribution in [2.24, 2.45) is 17.8 Å². The van der Waals surface area contributed by atoms with Gasteiger partial charge in [0.1, 0.15) is 12.9 Å². The standard InChI is InChI=1S/C22H30O4/c1-16(2)19-9-8-18(12-21-22(26-21)20(23)11-10-19)14-25-15-24-13-17-6-4-3-5-7-17/h3-9,16,18-19,21-22H,10-15H2,1-2H3. The average Bonchev–Trinajstić information content (AvgIpc) is 3.40. The second-order valence-corrected chi connectivity index (χ2v) is 7.71. The lowest BCUT2D eigenvalue weighted by atomic mass is 9.86. The van der Waals surface area contributed by atoms with Crippen LogP contribution in [0.25, 0.3) is 0 Å². The van der Waals surface area contributed by atoms with Gasteiger partial charge in [0.2, 0.25) is 0 Å². The second kappa shape index (κ2) is 9.45. The fourth-order valence-electron chi connectivity index (χ4n) is 3.50. The first-order valence-corrected chi connectivity index (χ1v) is 9.69. The molecule has 0 saturated carbocycles. The molecule has 0 N–H and O–H groups in total. The molecule has 1 aliphatic carbocycles. The van der Waals surface area contributed by atoms with Gasteiger partial charge < -0.3 is 14.2 Å². The number of carbonyl (C=O) groups excluding carboxylic acids is 1. The van der Waals surface area contributed by atoms with Crippen LogP contribution in [-0.4, -0.2) is 31.4 Å². The SMILES string of the molecule is CC(C)C1C=CC(COCOCc2ccccc2)CC2OC2C(=O)CC1. The molecule has 1 heterocycles. The molecule has 4 nitrogen and oxygen atoms in total. The molecule has 142 valence electrons. The number of hydrogen-bond acceptors (Lipinski definition) is 4. The Morgan fingerprint density at radius 3 is 2.73 bits per heavy atom. The van der Waals surface area contributed by atoms with Crippen molar-refractivity contribution in [3.05, 3.63) is 48.0 Å². The zero-order chi connectivity index (χ0) is 18.4. The maximum atomic E-state index is 12.2. The first kappa shape index (κ1) is 19.3. The van der Waals surface area contributed by atoms with Gasteiger partial charge in [0.15, 0.2) is 5.78 Å². The highest BCUT2D eigenvalue weighted by Crippen LogP contribution is 2.33. The van der Waals surface area contributed by atoms with Gasteiger partial charge in [-0.3, -0.25) is 4.79 Å². The molecule has 3 rings (SSSR count). The van der Waals surface area contributed by atoms with Gasteiger partial charge in [0.25, 0.3) is 0 Å². The third-order valence-corrected chi connectivity index (χ3v) is 5.26. The van der Waals surface area contributed by atoms with Crippen LogP contribution in [0.4, 0.5) is 0 Å². The van der Waals surface area contributed by atoms with E-state index in [4.69, 9.17) is 14.2 Å². The van der Waals surface area contributed by atoms with Crippen molar-refractivity contribution in [1.29, 1.82) is 0 Å². The lowest BCUT2D eigenvalue weighted by Crippen LogP contribution is -2.19. The van der Waals surface area contributed by atoms with E-state index < -0.39 is 0 Å². The number of carbonyl (C=O) groups is 1. The topological polar surface area (TPSA) is 48.1 Å². The summed E-state index contributed by atoms with van der Waals surface area (Å²) in [6.45, 7) is 5.85. The van der Waals surface area contributed by atoms with Crippen LogP contribution >= 0.6 is 0 Å². The van der Waals surface area contributed by atoms with E-state index in [0.717, 1.165) is 18.4 Å². The van der Waals surface area contributed by atoms with Crippen molar-refractivity contribution >= 4 is 5.78 Å². The third kappa shape index (κ3) is 5.76.